The third-order valence-corrected chi connectivity index (χ3v) is 5.48. The summed E-state index contributed by atoms with van der Waals surface area (Å²) in [4.78, 5) is 15.4. The Morgan fingerprint density at radius 1 is 0.848 bits per heavy atom. The third-order valence-electron chi connectivity index (χ3n) is 5.48. The quantitative estimate of drug-likeness (QED) is 0.333. The first-order valence-electron chi connectivity index (χ1n) is 10.9. The summed E-state index contributed by atoms with van der Waals surface area (Å²) in [6.07, 6.45) is 0.665. The molecule has 33 heavy (non-hydrogen) atoms. The van der Waals surface area contributed by atoms with Gasteiger partial charge in [-0.3, -0.25) is 4.79 Å². The molecule has 0 amide bonds. The van der Waals surface area contributed by atoms with Gasteiger partial charge in [0.05, 0.1) is 12.8 Å². The Hall–Kier alpha value is -4.12. The van der Waals surface area contributed by atoms with E-state index in [0.29, 0.717) is 18.8 Å². The van der Waals surface area contributed by atoms with Gasteiger partial charge in [-0.1, -0.05) is 66.7 Å². The van der Waals surface area contributed by atoms with Crippen LogP contribution in [0.4, 0.5) is 5.69 Å². The van der Waals surface area contributed by atoms with Crippen LogP contribution in [0.2, 0.25) is 0 Å². The minimum atomic E-state index is -0.785. The van der Waals surface area contributed by atoms with E-state index in [1.165, 1.54) is 11.1 Å². The molecule has 4 aromatic rings. The topological polar surface area (TPSA) is 71.5 Å². The normalized spacial score (nSPS) is 10.6. The molecule has 1 aromatic heterocycles. The van der Waals surface area contributed by atoms with Gasteiger partial charge in [0.15, 0.2) is 0 Å². The molecule has 3 aromatic carbocycles. The number of benzene rings is 3. The minimum Gasteiger partial charge on any atom is -0.481 e. The maximum atomic E-state index is 10.7. The van der Waals surface area contributed by atoms with Crippen LogP contribution in [0.5, 0.6) is 5.88 Å². The van der Waals surface area contributed by atoms with Crippen molar-refractivity contribution < 1.29 is 14.6 Å². The number of nitrogens with zero attached hydrogens (tertiary/aromatic N) is 1. The number of hydrogen-bond acceptors (Lipinski definition) is 4. The number of ether oxygens (including phenoxy) is 1. The van der Waals surface area contributed by atoms with Gasteiger partial charge in [0.25, 0.3) is 0 Å². The number of aromatic nitrogens is 1. The summed E-state index contributed by atoms with van der Waals surface area (Å²) >= 11 is 0. The van der Waals surface area contributed by atoms with Crippen molar-refractivity contribution in [3.05, 3.63) is 102 Å². The number of pyridine rings is 1. The van der Waals surface area contributed by atoms with E-state index in [4.69, 9.17) is 14.8 Å². The zero-order chi connectivity index (χ0) is 23.0. The number of carboxylic acids is 1. The molecule has 5 heteroatoms. The number of carboxylic acid groups (broad SMARTS) is 1. The Morgan fingerprint density at radius 3 is 2.18 bits per heavy atom. The highest BCUT2D eigenvalue weighted by molar-refractivity contribution is 5.69. The summed E-state index contributed by atoms with van der Waals surface area (Å²) in [5.74, 6) is -0.197. The summed E-state index contributed by atoms with van der Waals surface area (Å²) in [5.41, 5.74) is 7.16. The van der Waals surface area contributed by atoms with Crippen molar-refractivity contribution in [2.45, 2.75) is 19.4 Å². The monoisotopic (exact) mass is 438 g/mol. The van der Waals surface area contributed by atoms with Gasteiger partial charge in [0.2, 0.25) is 5.88 Å². The molecule has 0 aliphatic rings. The Morgan fingerprint density at radius 2 is 1.52 bits per heavy atom. The van der Waals surface area contributed by atoms with Crippen LogP contribution in [0, 0.1) is 0 Å². The van der Waals surface area contributed by atoms with Gasteiger partial charge in [-0.25, -0.2) is 4.98 Å². The van der Waals surface area contributed by atoms with Crippen molar-refractivity contribution in [3.8, 4) is 28.3 Å². The number of aryl methyl sites for hydroxylation is 1. The molecule has 166 valence electrons. The molecule has 0 spiro atoms. The zero-order valence-electron chi connectivity index (χ0n) is 18.5. The highest BCUT2D eigenvalue weighted by Gasteiger charge is 2.09. The van der Waals surface area contributed by atoms with Gasteiger partial charge in [0.1, 0.15) is 0 Å². The van der Waals surface area contributed by atoms with Crippen LogP contribution < -0.4 is 10.1 Å². The molecule has 0 unspecified atom stereocenters. The second kappa shape index (κ2) is 10.5. The van der Waals surface area contributed by atoms with E-state index in [1.54, 1.807) is 7.11 Å². The molecule has 0 radical (unpaired) electrons. The Balaban J connectivity index is 1.43. The molecule has 0 saturated heterocycles. The van der Waals surface area contributed by atoms with Crippen molar-refractivity contribution in [1.29, 1.82) is 0 Å². The third kappa shape index (κ3) is 5.77. The Kier molecular flexibility index (Phi) is 7.00. The molecular formula is C28H26N2O3. The molecule has 4 rings (SSSR count). The standard InChI is InChI=1S/C28H26N2O3/c1-33-28-24(19-29-25-15-7-20(8-16-25)9-18-27(31)32)14-17-26(30-28)23-12-10-22(11-13-23)21-5-3-2-4-6-21/h2-8,10-17,29H,9,18-19H2,1H3,(H,31,32). The summed E-state index contributed by atoms with van der Waals surface area (Å²) in [5, 5.41) is 12.2. The summed E-state index contributed by atoms with van der Waals surface area (Å²) in [7, 11) is 1.63. The molecule has 2 N–H and O–H groups in total. The van der Waals surface area contributed by atoms with E-state index in [1.807, 2.05) is 54.6 Å². The highest BCUT2D eigenvalue weighted by Crippen LogP contribution is 2.27. The fraction of sp³-hybridized carbons (Fsp3) is 0.143. The fourth-order valence-corrected chi connectivity index (χ4v) is 3.64. The van der Waals surface area contributed by atoms with Crippen LogP contribution in [-0.4, -0.2) is 23.2 Å². The van der Waals surface area contributed by atoms with Crippen LogP contribution in [0.1, 0.15) is 17.5 Å². The molecule has 0 aliphatic heterocycles. The molecule has 0 aliphatic carbocycles. The van der Waals surface area contributed by atoms with Crippen LogP contribution in [0.15, 0.2) is 91.0 Å². The van der Waals surface area contributed by atoms with Crippen LogP contribution >= 0.6 is 0 Å². The first kappa shape index (κ1) is 22.1. The first-order valence-corrected chi connectivity index (χ1v) is 10.9. The van der Waals surface area contributed by atoms with Crippen molar-refractivity contribution in [1.82, 2.24) is 4.98 Å². The predicted molar refractivity (Wildman–Crippen MR) is 131 cm³/mol. The van der Waals surface area contributed by atoms with Gasteiger partial charge in [0, 0.05) is 29.8 Å². The number of aliphatic carboxylic acids is 1. The molecule has 1 heterocycles. The van der Waals surface area contributed by atoms with Gasteiger partial charge in [-0.2, -0.15) is 0 Å². The maximum Gasteiger partial charge on any atom is 0.303 e. The summed E-state index contributed by atoms with van der Waals surface area (Å²) in [6, 6.07) is 30.5. The molecular weight excluding hydrogens is 412 g/mol. The first-order chi connectivity index (χ1) is 16.1. The van der Waals surface area contributed by atoms with Crippen molar-refractivity contribution in [3.63, 3.8) is 0 Å². The molecule has 0 bridgehead atoms. The van der Waals surface area contributed by atoms with Gasteiger partial charge in [-0.15, -0.1) is 0 Å². The molecule has 0 fully saturated rings. The lowest BCUT2D eigenvalue weighted by atomic mass is 10.0. The SMILES string of the molecule is COc1nc(-c2ccc(-c3ccccc3)cc2)ccc1CNc1ccc(CCC(=O)O)cc1. The van der Waals surface area contributed by atoms with Crippen LogP contribution in [-0.2, 0) is 17.8 Å². The second-order valence-electron chi connectivity index (χ2n) is 7.75. The van der Waals surface area contributed by atoms with E-state index < -0.39 is 5.97 Å². The smallest absolute Gasteiger partial charge is 0.303 e. The van der Waals surface area contributed by atoms with Gasteiger partial charge in [-0.05, 0) is 47.4 Å². The van der Waals surface area contributed by atoms with E-state index in [9.17, 15) is 4.79 Å². The van der Waals surface area contributed by atoms with Crippen molar-refractivity contribution in [2.24, 2.45) is 0 Å². The average Bonchev–Trinajstić information content (AvgIpc) is 2.87. The largest absolute Gasteiger partial charge is 0.481 e. The summed E-state index contributed by atoms with van der Waals surface area (Å²) in [6.45, 7) is 0.567. The Bertz CT molecular complexity index is 1200. The van der Waals surface area contributed by atoms with E-state index >= 15 is 0 Å². The van der Waals surface area contributed by atoms with Crippen LogP contribution in [0.25, 0.3) is 22.4 Å². The number of methoxy groups -OCH3 is 1. The summed E-state index contributed by atoms with van der Waals surface area (Å²) < 4.78 is 5.56. The molecule has 5 nitrogen and oxygen atoms in total. The molecule has 0 saturated carbocycles. The number of hydrogen-bond donors (Lipinski definition) is 2. The highest BCUT2D eigenvalue weighted by atomic mass is 16.5. The number of carbonyl (C=O) groups is 1. The average molecular weight is 439 g/mol. The fourth-order valence-electron chi connectivity index (χ4n) is 3.64. The van der Waals surface area contributed by atoms with Crippen LogP contribution in [0.3, 0.4) is 0 Å². The van der Waals surface area contributed by atoms with Gasteiger partial charge >= 0.3 is 5.97 Å². The second-order valence-corrected chi connectivity index (χ2v) is 7.75. The lowest BCUT2D eigenvalue weighted by Gasteiger charge is -2.12. The Labute approximate surface area is 193 Å². The number of rotatable bonds is 9. The maximum absolute atomic E-state index is 10.7. The molecule has 0 atom stereocenters. The van der Waals surface area contributed by atoms with E-state index in [2.05, 4.69) is 41.7 Å². The predicted octanol–water partition coefficient (Wildman–Crippen LogP) is 6.05. The van der Waals surface area contributed by atoms with Gasteiger partial charge < -0.3 is 15.2 Å². The van der Waals surface area contributed by atoms with Crippen molar-refractivity contribution >= 4 is 11.7 Å². The number of anilines is 1. The van der Waals surface area contributed by atoms with E-state index in [0.717, 1.165) is 28.1 Å². The lowest BCUT2D eigenvalue weighted by Crippen LogP contribution is -2.04. The zero-order valence-corrected chi connectivity index (χ0v) is 18.5. The lowest BCUT2D eigenvalue weighted by molar-refractivity contribution is -0.136. The van der Waals surface area contributed by atoms with Crippen molar-refractivity contribution in [2.75, 3.05) is 12.4 Å². The minimum absolute atomic E-state index is 0.136. The van der Waals surface area contributed by atoms with E-state index in [-0.39, 0.29) is 6.42 Å². The number of nitrogens with one attached hydrogen (secondary N) is 1.